The Bertz CT molecular complexity index is 339. The molecule has 0 amide bonds. The molecule has 0 atom stereocenters. The van der Waals surface area contributed by atoms with Crippen molar-refractivity contribution in [3.05, 3.63) is 35.4 Å². The summed E-state index contributed by atoms with van der Waals surface area (Å²) in [6.45, 7) is 4.42. The molecule has 0 bridgehead atoms. The van der Waals surface area contributed by atoms with Gasteiger partial charge in [0.05, 0.1) is 0 Å². The molecule has 0 aromatic heterocycles. The number of aromatic hydroxyl groups is 2. The van der Waals surface area contributed by atoms with Crippen LogP contribution in [0.4, 0.5) is 0 Å². The van der Waals surface area contributed by atoms with E-state index in [0.29, 0.717) is 23.7 Å². The number of hydrogen-bond donors (Lipinski definition) is 3. The lowest BCUT2D eigenvalue weighted by molar-refractivity contribution is 0.398. The van der Waals surface area contributed by atoms with Gasteiger partial charge in [0.25, 0.3) is 0 Å². The SMILES string of the molecule is C=C(Cl)CNCc1cccc(O)c1O. The minimum absolute atomic E-state index is 0.0971. The predicted octanol–water partition coefficient (Wildman–Crippen LogP) is 1.94. The highest BCUT2D eigenvalue weighted by Crippen LogP contribution is 2.27. The van der Waals surface area contributed by atoms with Crippen molar-refractivity contribution in [2.45, 2.75) is 6.54 Å². The average Bonchev–Trinajstić information content (AvgIpc) is 2.12. The summed E-state index contributed by atoms with van der Waals surface area (Å²) in [6, 6.07) is 4.82. The molecule has 0 aliphatic heterocycles. The molecule has 14 heavy (non-hydrogen) atoms. The third-order valence-corrected chi connectivity index (χ3v) is 1.86. The second kappa shape index (κ2) is 4.88. The van der Waals surface area contributed by atoms with Crippen LogP contribution in [0.1, 0.15) is 5.56 Å². The van der Waals surface area contributed by atoms with Crippen LogP contribution in [0, 0.1) is 0 Å². The normalized spacial score (nSPS) is 10.1. The van der Waals surface area contributed by atoms with Crippen molar-refractivity contribution in [1.29, 1.82) is 0 Å². The fraction of sp³-hybridized carbons (Fsp3) is 0.200. The molecule has 1 rings (SSSR count). The van der Waals surface area contributed by atoms with Crippen LogP contribution in [0.15, 0.2) is 29.8 Å². The monoisotopic (exact) mass is 213 g/mol. The van der Waals surface area contributed by atoms with Crippen LogP contribution in [0.2, 0.25) is 0 Å². The Kier molecular flexibility index (Phi) is 3.80. The minimum atomic E-state index is -0.117. The highest BCUT2D eigenvalue weighted by atomic mass is 35.5. The molecular weight excluding hydrogens is 202 g/mol. The Balaban J connectivity index is 2.59. The highest BCUT2D eigenvalue weighted by Gasteiger charge is 2.04. The maximum absolute atomic E-state index is 9.42. The van der Waals surface area contributed by atoms with Gasteiger partial charge in [0.15, 0.2) is 11.5 Å². The third kappa shape index (κ3) is 2.94. The lowest BCUT2D eigenvalue weighted by atomic mass is 10.2. The molecule has 0 unspecified atom stereocenters. The second-order valence-electron chi connectivity index (χ2n) is 2.91. The molecule has 1 aromatic carbocycles. The number of hydrogen-bond acceptors (Lipinski definition) is 3. The van der Waals surface area contributed by atoms with E-state index in [2.05, 4.69) is 11.9 Å². The summed E-state index contributed by atoms with van der Waals surface area (Å²) in [5, 5.41) is 22.1. The summed E-state index contributed by atoms with van der Waals surface area (Å²) >= 11 is 5.55. The van der Waals surface area contributed by atoms with Gasteiger partial charge in [0, 0.05) is 23.7 Å². The average molecular weight is 214 g/mol. The summed E-state index contributed by atoms with van der Waals surface area (Å²) in [5.41, 5.74) is 0.628. The molecule has 0 radical (unpaired) electrons. The summed E-state index contributed by atoms with van der Waals surface area (Å²) in [7, 11) is 0. The number of phenols is 2. The first-order valence-corrected chi connectivity index (χ1v) is 4.53. The molecular formula is C10H12ClNO2. The number of nitrogens with one attached hydrogen (secondary N) is 1. The van der Waals surface area contributed by atoms with Crippen molar-refractivity contribution >= 4 is 11.6 Å². The van der Waals surface area contributed by atoms with E-state index < -0.39 is 0 Å². The van der Waals surface area contributed by atoms with Crippen molar-refractivity contribution in [2.75, 3.05) is 6.54 Å². The zero-order valence-electron chi connectivity index (χ0n) is 7.63. The Hall–Kier alpha value is -1.19. The fourth-order valence-electron chi connectivity index (χ4n) is 1.05. The summed E-state index contributed by atoms with van der Waals surface area (Å²) in [4.78, 5) is 0. The smallest absolute Gasteiger partial charge is 0.161 e. The van der Waals surface area contributed by atoms with Gasteiger partial charge in [-0.3, -0.25) is 0 Å². The van der Waals surface area contributed by atoms with Gasteiger partial charge in [-0.15, -0.1) is 0 Å². The van der Waals surface area contributed by atoms with Gasteiger partial charge in [-0.2, -0.15) is 0 Å². The van der Waals surface area contributed by atoms with E-state index in [1.807, 2.05) is 0 Å². The van der Waals surface area contributed by atoms with E-state index in [-0.39, 0.29) is 11.5 Å². The van der Waals surface area contributed by atoms with Crippen molar-refractivity contribution in [3.63, 3.8) is 0 Å². The first kappa shape index (κ1) is 10.9. The van der Waals surface area contributed by atoms with E-state index in [4.69, 9.17) is 11.6 Å². The maximum atomic E-state index is 9.42. The van der Waals surface area contributed by atoms with Crippen LogP contribution in [-0.4, -0.2) is 16.8 Å². The van der Waals surface area contributed by atoms with E-state index in [1.165, 1.54) is 6.07 Å². The highest BCUT2D eigenvalue weighted by molar-refractivity contribution is 6.29. The molecule has 4 heteroatoms. The largest absolute Gasteiger partial charge is 0.504 e. The van der Waals surface area contributed by atoms with Gasteiger partial charge in [0.2, 0.25) is 0 Å². The molecule has 0 aliphatic rings. The van der Waals surface area contributed by atoms with Crippen molar-refractivity contribution in [1.82, 2.24) is 5.32 Å². The number of rotatable bonds is 4. The number of para-hydroxylation sites is 1. The quantitative estimate of drug-likeness (QED) is 0.670. The van der Waals surface area contributed by atoms with Crippen LogP contribution < -0.4 is 5.32 Å². The molecule has 0 saturated carbocycles. The Morgan fingerprint density at radius 1 is 1.43 bits per heavy atom. The fourth-order valence-corrected chi connectivity index (χ4v) is 1.15. The number of benzene rings is 1. The van der Waals surface area contributed by atoms with Crippen LogP contribution in [-0.2, 0) is 6.54 Å². The first-order valence-electron chi connectivity index (χ1n) is 4.15. The van der Waals surface area contributed by atoms with E-state index >= 15 is 0 Å². The standard InChI is InChI=1S/C10H12ClNO2/c1-7(11)5-12-6-8-3-2-4-9(13)10(8)14/h2-4,12-14H,1,5-6H2. The van der Waals surface area contributed by atoms with Gasteiger partial charge in [0.1, 0.15) is 0 Å². The zero-order valence-corrected chi connectivity index (χ0v) is 8.38. The molecule has 3 nitrogen and oxygen atoms in total. The van der Waals surface area contributed by atoms with Crippen LogP contribution >= 0.6 is 11.6 Å². The number of halogens is 1. The lowest BCUT2D eigenvalue weighted by Gasteiger charge is -2.06. The van der Waals surface area contributed by atoms with Gasteiger partial charge >= 0.3 is 0 Å². The molecule has 0 saturated heterocycles. The maximum Gasteiger partial charge on any atom is 0.161 e. The van der Waals surface area contributed by atoms with Crippen molar-refractivity contribution < 1.29 is 10.2 Å². The number of phenolic OH excluding ortho intramolecular Hbond substituents is 2. The first-order chi connectivity index (χ1) is 6.61. The van der Waals surface area contributed by atoms with Gasteiger partial charge in [-0.25, -0.2) is 0 Å². The van der Waals surface area contributed by atoms with Crippen molar-refractivity contribution in [3.8, 4) is 11.5 Å². The third-order valence-electron chi connectivity index (χ3n) is 1.73. The van der Waals surface area contributed by atoms with E-state index in [1.54, 1.807) is 12.1 Å². The molecule has 0 spiro atoms. The second-order valence-corrected chi connectivity index (χ2v) is 3.44. The lowest BCUT2D eigenvalue weighted by Crippen LogP contribution is -2.14. The summed E-state index contributed by atoms with van der Waals surface area (Å²) in [5.74, 6) is -0.214. The zero-order chi connectivity index (χ0) is 10.6. The minimum Gasteiger partial charge on any atom is -0.504 e. The molecule has 0 heterocycles. The predicted molar refractivity (Wildman–Crippen MR) is 56.5 cm³/mol. The van der Waals surface area contributed by atoms with Crippen LogP contribution in [0.3, 0.4) is 0 Å². The van der Waals surface area contributed by atoms with Crippen molar-refractivity contribution in [2.24, 2.45) is 0 Å². The van der Waals surface area contributed by atoms with Gasteiger partial charge in [-0.05, 0) is 6.07 Å². The van der Waals surface area contributed by atoms with E-state index in [9.17, 15) is 10.2 Å². The van der Waals surface area contributed by atoms with Crippen LogP contribution in [0.5, 0.6) is 11.5 Å². The summed E-state index contributed by atoms with van der Waals surface area (Å²) < 4.78 is 0. The molecule has 3 N–H and O–H groups in total. The Morgan fingerprint density at radius 2 is 2.14 bits per heavy atom. The van der Waals surface area contributed by atoms with E-state index in [0.717, 1.165) is 0 Å². The molecule has 1 aromatic rings. The van der Waals surface area contributed by atoms with Gasteiger partial charge < -0.3 is 15.5 Å². The Morgan fingerprint density at radius 3 is 2.79 bits per heavy atom. The Labute approximate surface area is 87.6 Å². The van der Waals surface area contributed by atoms with Gasteiger partial charge in [-0.1, -0.05) is 30.3 Å². The topological polar surface area (TPSA) is 52.5 Å². The molecule has 0 aliphatic carbocycles. The summed E-state index contributed by atoms with van der Waals surface area (Å²) in [6.07, 6.45) is 0. The van der Waals surface area contributed by atoms with Crippen LogP contribution in [0.25, 0.3) is 0 Å². The molecule has 76 valence electrons. The molecule has 0 fully saturated rings.